The first-order valence-corrected chi connectivity index (χ1v) is 7.11. The first-order chi connectivity index (χ1) is 9.76. The van der Waals surface area contributed by atoms with Crippen molar-refractivity contribution in [3.63, 3.8) is 0 Å². The lowest BCUT2D eigenvalue weighted by Crippen LogP contribution is -2.32. The Balaban J connectivity index is 2.06. The summed E-state index contributed by atoms with van der Waals surface area (Å²) in [5.41, 5.74) is 0.382. The molecule has 108 valence electrons. The molecule has 1 fully saturated rings. The second kappa shape index (κ2) is 7.06. The van der Waals surface area contributed by atoms with Gasteiger partial charge in [-0.3, -0.25) is 4.79 Å². The Hall–Kier alpha value is -1.87. The van der Waals surface area contributed by atoms with Gasteiger partial charge in [-0.25, -0.2) is 4.68 Å². The average Bonchev–Trinajstić information content (AvgIpc) is 2.97. The van der Waals surface area contributed by atoms with Crippen molar-refractivity contribution in [1.82, 2.24) is 25.2 Å². The Morgan fingerprint density at radius 2 is 2.35 bits per heavy atom. The summed E-state index contributed by atoms with van der Waals surface area (Å²) >= 11 is 0. The lowest BCUT2D eigenvalue weighted by molar-refractivity contribution is 0.0771. The Morgan fingerprint density at radius 1 is 1.60 bits per heavy atom. The maximum atomic E-state index is 12.3. The zero-order valence-corrected chi connectivity index (χ0v) is 11.9. The molecule has 1 aliphatic rings. The van der Waals surface area contributed by atoms with Gasteiger partial charge in [0, 0.05) is 6.54 Å². The zero-order chi connectivity index (χ0) is 14.4. The Bertz CT molecular complexity index is 484. The minimum absolute atomic E-state index is 0.134. The van der Waals surface area contributed by atoms with E-state index in [0.717, 1.165) is 32.4 Å². The molecule has 0 aromatic carbocycles. The number of piperidine rings is 1. The molecule has 1 N–H and O–H groups in total. The van der Waals surface area contributed by atoms with Gasteiger partial charge in [0.15, 0.2) is 5.69 Å². The Morgan fingerprint density at radius 3 is 3.00 bits per heavy atom. The van der Waals surface area contributed by atoms with Crippen LogP contribution in [-0.2, 0) is 0 Å². The van der Waals surface area contributed by atoms with E-state index in [-0.39, 0.29) is 5.91 Å². The van der Waals surface area contributed by atoms with E-state index in [0.29, 0.717) is 24.8 Å². The van der Waals surface area contributed by atoms with E-state index < -0.39 is 0 Å². The maximum absolute atomic E-state index is 12.3. The zero-order valence-electron chi connectivity index (χ0n) is 11.9. The van der Waals surface area contributed by atoms with Crippen LogP contribution in [0.4, 0.5) is 0 Å². The molecule has 0 unspecified atom stereocenters. The van der Waals surface area contributed by atoms with E-state index in [1.54, 1.807) is 11.1 Å². The number of carbonyl (C=O) groups excluding carboxylic acids is 1. The molecule has 1 aromatic heterocycles. The summed E-state index contributed by atoms with van der Waals surface area (Å²) < 4.78 is 1.81. The number of amides is 1. The van der Waals surface area contributed by atoms with Gasteiger partial charge >= 0.3 is 0 Å². The van der Waals surface area contributed by atoms with Crippen LogP contribution in [0.3, 0.4) is 0 Å². The molecule has 20 heavy (non-hydrogen) atoms. The molecule has 0 spiro atoms. The highest BCUT2D eigenvalue weighted by Crippen LogP contribution is 2.17. The molecule has 1 amide bonds. The number of rotatable bonds is 5. The standard InChI is InChI=1S/C14H21N5O/c1-3-9-18(10-4-2)14(20)13-11-19(17-16-13)12-5-7-15-8-6-12/h1,11-12,15H,4-10H2,2H3. The van der Waals surface area contributed by atoms with Crippen LogP contribution in [0.25, 0.3) is 0 Å². The van der Waals surface area contributed by atoms with Crippen molar-refractivity contribution in [2.24, 2.45) is 0 Å². The predicted molar refractivity (Wildman–Crippen MR) is 76.2 cm³/mol. The van der Waals surface area contributed by atoms with Crippen molar-refractivity contribution in [2.45, 2.75) is 32.2 Å². The number of aromatic nitrogens is 3. The summed E-state index contributed by atoms with van der Waals surface area (Å²) in [6, 6.07) is 0.331. The van der Waals surface area contributed by atoms with E-state index in [1.165, 1.54) is 0 Å². The van der Waals surface area contributed by atoms with Crippen molar-refractivity contribution >= 4 is 5.91 Å². The summed E-state index contributed by atoms with van der Waals surface area (Å²) in [7, 11) is 0. The van der Waals surface area contributed by atoms with Gasteiger partial charge in [-0.1, -0.05) is 18.1 Å². The molecule has 6 heteroatoms. The Kier molecular flexibility index (Phi) is 5.13. The van der Waals surface area contributed by atoms with Crippen LogP contribution in [0.5, 0.6) is 0 Å². The molecule has 0 bridgehead atoms. The van der Waals surface area contributed by atoms with Crippen LogP contribution in [0, 0.1) is 12.3 Å². The number of carbonyl (C=O) groups is 1. The van der Waals surface area contributed by atoms with E-state index in [4.69, 9.17) is 6.42 Å². The number of hydrogen-bond donors (Lipinski definition) is 1. The van der Waals surface area contributed by atoms with Gasteiger partial charge in [0.25, 0.3) is 5.91 Å². The molecule has 6 nitrogen and oxygen atoms in total. The second-order valence-corrected chi connectivity index (χ2v) is 5.00. The molecule has 1 saturated heterocycles. The van der Waals surface area contributed by atoms with Gasteiger partial charge in [0.05, 0.1) is 18.8 Å². The third-order valence-corrected chi connectivity index (χ3v) is 3.48. The van der Waals surface area contributed by atoms with Crippen molar-refractivity contribution in [3.05, 3.63) is 11.9 Å². The van der Waals surface area contributed by atoms with Gasteiger partial charge in [-0.05, 0) is 32.4 Å². The molecule has 1 aromatic rings. The van der Waals surface area contributed by atoms with Crippen molar-refractivity contribution in [2.75, 3.05) is 26.2 Å². The van der Waals surface area contributed by atoms with Crippen molar-refractivity contribution in [1.29, 1.82) is 0 Å². The molecule has 0 aliphatic carbocycles. The van der Waals surface area contributed by atoms with Crippen LogP contribution in [0.15, 0.2) is 6.20 Å². The molecule has 1 aliphatic heterocycles. The van der Waals surface area contributed by atoms with E-state index in [9.17, 15) is 4.79 Å². The quantitative estimate of drug-likeness (QED) is 0.803. The van der Waals surface area contributed by atoms with Gasteiger partial charge in [0.2, 0.25) is 0 Å². The molecule has 2 rings (SSSR count). The van der Waals surface area contributed by atoms with Gasteiger partial charge in [0.1, 0.15) is 0 Å². The molecule has 0 radical (unpaired) electrons. The minimum Gasteiger partial charge on any atom is -0.326 e. The molecule has 0 atom stereocenters. The number of nitrogens with one attached hydrogen (secondary N) is 1. The molecular formula is C14H21N5O. The summed E-state index contributed by atoms with van der Waals surface area (Å²) in [5, 5.41) is 11.4. The number of hydrogen-bond acceptors (Lipinski definition) is 4. The largest absolute Gasteiger partial charge is 0.326 e. The van der Waals surface area contributed by atoms with Crippen molar-refractivity contribution in [3.8, 4) is 12.3 Å². The molecular weight excluding hydrogens is 254 g/mol. The third-order valence-electron chi connectivity index (χ3n) is 3.48. The summed E-state index contributed by atoms with van der Waals surface area (Å²) in [6.07, 6.45) is 9.95. The van der Waals surface area contributed by atoms with Gasteiger partial charge < -0.3 is 10.2 Å². The lowest BCUT2D eigenvalue weighted by atomic mass is 10.1. The highest BCUT2D eigenvalue weighted by Gasteiger charge is 2.21. The van der Waals surface area contributed by atoms with Crippen LogP contribution < -0.4 is 5.32 Å². The van der Waals surface area contributed by atoms with Crippen LogP contribution in [0.2, 0.25) is 0 Å². The predicted octanol–water partition coefficient (Wildman–Crippen LogP) is 0.688. The normalized spacial score (nSPS) is 15.8. The average molecular weight is 275 g/mol. The number of nitrogens with zero attached hydrogens (tertiary/aromatic N) is 4. The number of terminal acetylenes is 1. The fourth-order valence-electron chi connectivity index (χ4n) is 2.42. The first-order valence-electron chi connectivity index (χ1n) is 7.11. The van der Waals surface area contributed by atoms with Crippen LogP contribution >= 0.6 is 0 Å². The van der Waals surface area contributed by atoms with Crippen LogP contribution in [0.1, 0.15) is 42.7 Å². The highest BCUT2D eigenvalue weighted by molar-refractivity contribution is 5.92. The molecule has 2 heterocycles. The van der Waals surface area contributed by atoms with Gasteiger partial charge in [-0.15, -0.1) is 11.5 Å². The second-order valence-electron chi connectivity index (χ2n) is 5.00. The lowest BCUT2D eigenvalue weighted by Gasteiger charge is -2.22. The van der Waals surface area contributed by atoms with E-state index in [1.807, 2.05) is 11.6 Å². The highest BCUT2D eigenvalue weighted by atomic mass is 16.2. The first kappa shape index (κ1) is 14.5. The summed E-state index contributed by atoms with van der Waals surface area (Å²) in [4.78, 5) is 14.0. The fourth-order valence-corrected chi connectivity index (χ4v) is 2.42. The summed E-state index contributed by atoms with van der Waals surface area (Å²) in [5.74, 6) is 2.38. The van der Waals surface area contributed by atoms with Crippen LogP contribution in [-0.4, -0.2) is 52.0 Å². The van der Waals surface area contributed by atoms with E-state index >= 15 is 0 Å². The van der Waals surface area contributed by atoms with Crippen molar-refractivity contribution < 1.29 is 4.79 Å². The topological polar surface area (TPSA) is 63.1 Å². The maximum Gasteiger partial charge on any atom is 0.276 e. The SMILES string of the molecule is C#CCN(CCC)C(=O)c1cn(C2CCNCC2)nn1. The summed E-state index contributed by atoms with van der Waals surface area (Å²) in [6.45, 7) is 4.93. The minimum atomic E-state index is -0.134. The fraction of sp³-hybridized carbons (Fsp3) is 0.643. The van der Waals surface area contributed by atoms with Gasteiger partial charge in [-0.2, -0.15) is 0 Å². The Labute approximate surface area is 119 Å². The third kappa shape index (κ3) is 3.36. The smallest absolute Gasteiger partial charge is 0.276 e. The van der Waals surface area contributed by atoms with E-state index in [2.05, 4.69) is 21.5 Å². The monoisotopic (exact) mass is 275 g/mol. The molecule has 0 saturated carbocycles.